The molecule has 38 heavy (non-hydrogen) atoms. The average molecular weight is 499 g/mol. The standard InChI is InChI=1S/C33H26N2O3/c1-19-9-3-8-14-26(19)34-30(36)20-15-17-21(18-16-20)35-31(37)29-27-22-10-4-6-12-24(22)28(33(29,2)32(35)38)25-13-7-5-11-23(25)27/h3-18,27-29H,1-2H3,(H,34,36)/t27?,28?,29-,33+/m0/s1. The van der Waals surface area contributed by atoms with Crippen molar-refractivity contribution in [3.05, 3.63) is 130 Å². The summed E-state index contributed by atoms with van der Waals surface area (Å²) in [4.78, 5) is 42.5. The smallest absolute Gasteiger partial charge is 0.255 e. The third kappa shape index (κ3) is 2.90. The summed E-state index contributed by atoms with van der Waals surface area (Å²) in [6, 6.07) is 30.8. The number of carbonyl (C=O) groups is 3. The van der Waals surface area contributed by atoms with Gasteiger partial charge in [-0.15, -0.1) is 0 Å². The van der Waals surface area contributed by atoms with Gasteiger partial charge in [-0.1, -0.05) is 66.7 Å². The predicted octanol–water partition coefficient (Wildman–Crippen LogP) is 6.03. The zero-order chi connectivity index (χ0) is 26.2. The molecule has 1 heterocycles. The van der Waals surface area contributed by atoms with E-state index in [2.05, 4.69) is 29.6 Å². The molecule has 1 N–H and O–H groups in total. The van der Waals surface area contributed by atoms with Crippen LogP contribution in [-0.2, 0) is 9.59 Å². The lowest BCUT2D eigenvalue weighted by Gasteiger charge is -2.51. The Kier molecular flexibility index (Phi) is 4.77. The first kappa shape index (κ1) is 22.7. The topological polar surface area (TPSA) is 66.5 Å². The van der Waals surface area contributed by atoms with Crippen LogP contribution in [0, 0.1) is 18.3 Å². The van der Waals surface area contributed by atoms with Crippen molar-refractivity contribution in [3.63, 3.8) is 0 Å². The second-order valence-electron chi connectivity index (χ2n) is 10.7. The second-order valence-corrected chi connectivity index (χ2v) is 10.7. The van der Waals surface area contributed by atoms with Crippen molar-refractivity contribution in [2.45, 2.75) is 25.7 Å². The van der Waals surface area contributed by atoms with Crippen LogP contribution in [0.3, 0.4) is 0 Å². The highest BCUT2D eigenvalue weighted by molar-refractivity contribution is 6.25. The van der Waals surface area contributed by atoms with E-state index in [0.29, 0.717) is 11.3 Å². The van der Waals surface area contributed by atoms with Crippen LogP contribution in [0.2, 0.25) is 0 Å². The van der Waals surface area contributed by atoms with Crippen molar-refractivity contribution in [1.29, 1.82) is 0 Å². The first-order chi connectivity index (χ1) is 18.4. The zero-order valence-corrected chi connectivity index (χ0v) is 21.1. The molecule has 3 amide bonds. The van der Waals surface area contributed by atoms with E-state index in [0.717, 1.165) is 33.5 Å². The van der Waals surface area contributed by atoms with Gasteiger partial charge in [-0.05, 0) is 72.0 Å². The van der Waals surface area contributed by atoms with E-state index >= 15 is 0 Å². The number of hydrogen-bond acceptors (Lipinski definition) is 3. The number of hydrogen-bond donors (Lipinski definition) is 1. The molecule has 2 bridgehead atoms. The molecule has 0 radical (unpaired) electrons. The van der Waals surface area contributed by atoms with Gasteiger partial charge < -0.3 is 5.32 Å². The maximum Gasteiger partial charge on any atom is 0.255 e. The summed E-state index contributed by atoms with van der Waals surface area (Å²) in [5, 5.41) is 2.93. The van der Waals surface area contributed by atoms with E-state index < -0.39 is 11.3 Å². The molecule has 4 aromatic rings. The van der Waals surface area contributed by atoms with Gasteiger partial charge in [-0.3, -0.25) is 14.4 Å². The Morgan fingerprint density at radius 1 is 0.763 bits per heavy atom. The third-order valence-corrected chi connectivity index (χ3v) is 8.79. The molecule has 5 heteroatoms. The van der Waals surface area contributed by atoms with Crippen LogP contribution in [-0.4, -0.2) is 17.7 Å². The van der Waals surface area contributed by atoms with E-state index in [1.54, 1.807) is 24.3 Å². The molecular weight excluding hydrogens is 472 g/mol. The van der Waals surface area contributed by atoms with Crippen molar-refractivity contribution < 1.29 is 14.4 Å². The zero-order valence-electron chi connectivity index (χ0n) is 21.1. The number of nitrogens with zero attached hydrogens (tertiary/aromatic N) is 1. The number of rotatable bonds is 3. The Balaban J connectivity index is 1.26. The Morgan fingerprint density at radius 2 is 1.32 bits per heavy atom. The maximum absolute atomic E-state index is 14.2. The number of para-hydroxylation sites is 1. The van der Waals surface area contributed by atoms with Crippen LogP contribution >= 0.6 is 0 Å². The molecule has 8 rings (SSSR count). The molecule has 3 aliphatic carbocycles. The molecule has 0 spiro atoms. The van der Waals surface area contributed by atoms with Crippen molar-refractivity contribution in [1.82, 2.24) is 0 Å². The number of benzene rings is 4. The number of aryl methyl sites for hydroxylation is 1. The fourth-order valence-corrected chi connectivity index (χ4v) is 7.03. The molecule has 1 saturated heterocycles. The molecule has 0 unspecified atom stereocenters. The van der Waals surface area contributed by atoms with Crippen LogP contribution in [0.15, 0.2) is 97.1 Å². The molecule has 4 aromatic carbocycles. The van der Waals surface area contributed by atoms with Gasteiger partial charge in [0.1, 0.15) is 0 Å². The van der Waals surface area contributed by atoms with Crippen LogP contribution in [0.1, 0.15) is 56.9 Å². The Labute approximate surface area is 221 Å². The van der Waals surface area contributed by atoms with Gasteiger partial charge in [0, 0.05) is 23.1 Å². The summed E-state index contributed by atoms with van der Waals surface area (Å²) in [5.41, 5.74) is 6.36. The van der Waals surface area contributed by atoms with Crippen LogP contribution in [0.25, 0.3) is 0 Å². The molecule has 2 atom stereocenters. The number of anilines is 2. The van der Waals surface area contributed by atoms with Crippen LogP contribution in [0.4, 0.5) is 11.4 Å². The first-order valence-electron chi connectivity index (χ1n) is 12.9. The molecular formula is C33H26N2O3. The SMILES string of the molecule is Cc1ccccc1NC(=O)c1ccc(N2C(=O)[C@@H]3C4c5ccccc5C(c5ccccc54)[C@@]3(C)C2=O)cc1. The van der Waals surface area contributed by atoms with E-state index in [9.17, 15) is 14.4 Å². The highest BCUT2D eigenvalue weighted by Crippen LogP contribution is 2.67. The van der Waals surface area contributed by atoms with E-state index in [1.165, 1.54) is 4.90 Å². The van der Waals surface area contributed by atoms with Gasteiger partial charge in [0.05, 0.1) is 17.0 Å². The lowest BCUT2D eigenvalue weighted by Crippen LogP contribution is -2.49. The van der Waals surface area contributed by atoms with Gasteiger partial charge in [0.15, 0.2) is 0 Å². The highest BCUT2D eigenvalue weighted by Gasteiger charge is 2.68. The third-order valence-electron chi connectivity index (χ3n) is 8.79. The van der Waals surface area contributed by atoms with Crippen molar-refractivity contribution >= 4 is 29.1 Å². The molecule has 186 valence electrons. The van der Waals surface area contributed by atoms with Gasteiger partial charge >= 0.3 is 0 Å². The number of amides is 3. The van der Waals surface area contributed by atoms with Crippen LogP contribution < -0.4 is 10.2 Å². The fourth-order valence-electron chi connectivity index (χ4n) is 7.03. The first-order valence-corrected chi connectivity index (χ1v) is 12.9. The van der Waals surface area contributed by atoms with E-state index in [-0.39, 0.29) is 29.6 Å². The lowest BCUT2D eigenvalue weighted by atomic mass is 9.48. The predicted molar refractivity (Wildman–Crippen MR) is 146 cm³/mol. The fraction of sp³-hybridized carbons (Fsp3) is 0.182. The minimum atomic E-state index is -0.884. The average Bonchev–Trinajstić information content (AvgIpc) is 3.15. The minimum Gasteiger partial charge on any atom is -0.322 e. The van der Waals surface area contributed by atoms with Crippen molar-refractivity contribution in [3.8, 4) is 0 Å². The van der Waals surface area contributed by atoms with Gasteiger partial charge in [-0.25, -0.2) is 4.90 Å². The van der Waals surface area contributed by atoms with E-state index in [4.69, 9.17) is 0 Å². The largest absolute Gasteiger partial charge is 0.322 e. The summed E-state index contributed by atoms with van der Waals surface area (Å²) in [7, 11) is 0. The number of imide groups is 1. The summed E-state index contributed by atoms with van der Waals surface area (Å²) in [6.07, 6.45) is 0. The Bertz CT molecular complexity index is 1610. The second kappa shape index (κ2) is 7.99. The lowest BCUT2D eigenvalue weighted by molar-refractivity contribution is -0.128. The van der Waals surface area contributed by atoms with Crippen LogP contribution in [0.5, 0.6) is 0 Å². The molecule has 5 nitrogen and oxygen atoms in total. The summed E-state index contributed by atoms with van der Waals surface area (Å²) in [6.45, 7) is 3.90. The minimum absolute atomic E-state index is 0.169. The number of nitrogens with one attached hydrogen (secondary N) is 1. The summed E-state index contributed by atoms with van der Waals surface area (Å²) >= 11 is 0. The quantitative estimate of drug-likeness (QED) is 0.351. The Morgan fingerprint density at radius 3 is 1.92 bits per heavy atom. The molecule has 1 fully saturated rings. The number of carbonyl (C=O) groups excluding carboxylic acids is 3. The molecule has 0 aromatic heterocycles. The highest BCUT2D eigenvalue weighted by atomic mass is 16.2. The van der Waals surface area contributed by atoms with E-state index in [1.807, 2.05) is 62.4 Å². The van der Waals surface area contributed by atoms with Gasteiger partial charge in [-0.2, -0.15) is 0 Å². The Hall–Kier alpha value is -4.51. The van der Waals surface area contributed by atoms with Crippen molar-refractivity contribution in [2.75, 3.05) is 10.2 Å². The summed E-state index contributed by atoms with van der Waals surface area (Å²) < 4.78 is 0. The summed E-state index contributed by atoms with van der Waals surface area (Å²) in [5.74, 6) is -1.43. The molecule has 0 saturated carbocycles. The van der Waals surface area contributed by atoms with Gasteiger partial charge in [0.2, 0.25) is 11.8 Å². The molecule has 4 aliphatic rings. The molecule has 1 aliphatic heterocycles. The van der Waals surface area contributed by atoms with Crippen molar-refractivity contribution in [2.24, 2.45) is 11.3 Å². The van der Waals surface area contributed by atoms with Gasteiger partial charge in [0.25, 0.3) is 5.91 Å². The normalized spacial score (nSPS) is 24.6. The monoisotopic (exact) mass is 498 g/mol. The maximum atomic E-state index is 14.2.